The summed E-state index contributed by atoms with van der Waals surface area (Å²) >= 11 is 0. The molecule has 0 bridgehead atoms. The van der Waals surface area contributed by atoms with Crippen molar-refractivity contribution < 1.29 is 82.8 Å². The van der Waals surface area contributed by atoms with E-state index in [4.69, 9.17) is 35.3 Å². The highest BCUT2D eigenvalue weighted by Crippen LogP contribution is 2.24. The lowest BCUT2D eigenvalue weighted by Gasteiger charge is -2.28. The van der Waals surface area contributed by atoms with E-state index in [9.17, 15) is 48.6 Å². The van der Waals surface area contributed by atoms with Crippen LogP contribution in [-0.2, 0) is 57.3 Å². The Morgan fingerprint density at radius 3 is 1.77 bits per heavy atom. The van der Waals surface area contributed by atoms with Gasteiger partial charge in [0.2, 0.25) is 5.60 Å². The first-order valence-electron chi connectivity index (χ1n) is 14.5. The Hall–Kier alpha value is -4.36. The molecule has 0 saturated heterocycles. The fraction of sp³-hybridized carbons (Fsp3) is 0.714. The number of nitrogens with zero attached hydrogens (tertiary/aromatic N) is 1. The first-order valence-corrected chi connectivity index (χ1v) is 14.5. The molecule has 0 aliphatic rings. The summed E-state index contributed by atoms with van der Waals surface area (Å²) in [6.45, 7) is 2.82. The van der Waals surface area contributed by atoms with Gasteiger partial charge in [0.25, 0.3) is 0 Å². The van der Waals surface area contributed by atoms with E-state index in [0.29, 0.717) is 19.3 Å². The molecule has 0 spiro atoms. The Bertz CT molecular complexity index is 1050. The molecule has 19 heteroatoms. The van der Waals surface area contributed by atoms with Gasteiger partial charge in [-0.15, -0.1) is 0 Å². The highest BCUT2D eigenvalue weighted by molar-refractivity contribution is 5.92. The fourth-order valence-electron chi connectivity index (χ4n) is 3.31. The molecule has 0 rings (SSSR count). The van der Waals surface area contributed by atoms with E-state index in [2.05, 4.69) is 23.7 Å². The molecule has 0 aromatic heterocycles. The summed E-state index contributed by atoms with van der Waals surface area (Å²) in [6, 6.07) is 0. The minimum atomic E-state index is -3.09. The quantitative estimate of drug-likeness (QED) is 0.0420. The highest BCUT2D eigenvalue weighted by atomic mass is 16.6. The van der Waals surface area contributed by atoms with Gasteiger partial charge in [0.15, 0.2) is 12.2 Å². The summed E-state index contributed by atoms with van der Waals surface area (Å²) in [6.07, 6.45) is -5.66. The lowest BCUT2D eigenvalue weighted by Crippen LogP contribution is -2.49. The molecule has 0 amide bonds. The van der Waals surface area contributed by atoms with Crippen LogP contribution >= 0.6 is 0 Å². The maximum atomic E-state index is 12.3. The lowest BCUT2D eigenvalue weighted by molar-refractivity contribution is -0.194. The largest absolute Gasteiger partial charge is 0.481 e. The first-order chi connectivity index (χ1) is 21.9. The summed E-state index contributed by atoms with van der Waals surface area (Å²) in [4.78, 5) is 93.9. The first kappa shape index (κ1) is 44.8. The van der Waals surface area contributed by atoms with Gasteiger partial charge in [-0.1, -0.05) is 0 Å². The number of esters is 4. The van der Waals surface area contributed by atoms with Crippen molar-refractivity contribution in [3.8, 4) is 0 Å². The van der Waals surface area contributed by atoms with Crippen LogP contribution in [0.4, 0.5) is 0 Å². The highest BCUT2D eigenvalue weighted by Gasteiger charge is 2.49. The maximum absolute atomic E-state index is 12.3. The molecule has 0 saturated carbocycles. The topological polar surface area (TPSA) is 304 Å². The molecule has 270 valence electrons. The van der Waals surface area contributed by atoms with Crippen LogP contribution in [0, 0.1) is 0 Å². The number of aliphatic carboxylic acids is 4. The van der Waals surface area contributed by atoms with Gasteiger partial charge >= 0.3 is 47.8 Å². The third-order valence-electron chi connectivity index (χ3n) is 5.71. The molecule has 3 unspecified atom stereocenters. The molecule has 19 nitrogen and oxygen atoms in total. The van der Waals surface area contributed by atoms with E-state index in [1.165, 1.54) is 0 Å². The van der Waals surface area contributed by atoms with Gasteiger partial charge in [0.1, 0.15) is 0 Å². The molecule has 0 fully saturated rings. The second kappa shape index (κ2) is 24.8. The number of carboxylic acids is 4. The number of carbonyl (C=O) groups excluding carboxylic acids is 4. The van der Waals surface area contributed by atoms with Crippen molar-refractivity contribution in [2.45, 2.75) is 88.9 Å². The fourth-order valence-corrected chi connectivity index (χ4v) is 3.31. The van der Waals surface area contributed by atoms with Crippen molar-refractivity contribution in [1.82, 2.24) is 4.90 Å². The number of rotatable bonds is 24. The lowest BCUT2D eigenvalue weighted by atomic mass is 9.95. The van der Waals surface area contributed by atoms with Gasteiger partial charge in [-0.3, -0.25) is 24.0 Å². The molecule has 0 aromatic rings. The average Bonchev–Trinajstić information content (AvgIpc) is 2.94. The summed E-state index contributed by atoms with van der Waals surface area (Å²) in [5.41, 5.74) is 2.16. The predicted octanol–water partition coefficient (Wildman–Crippen LogP) is -0.606. The van der Waals surface area contributed by atoms with Crippen LogP contribution in [0.3, 0.4) is 0 Å². The van der Waals surface area contributed by atoms with E-state index in [-0.39, 0.29) is 32.5 Å². The zero-order valence-electron chi connectivity index (χ0n) is 26.7. The summed E-state index contributed by atoms with van der Waals surface area (Å²) in [5.74, 6) is -11.4. The van der Waals surface area contributed by atoms with Gasteiger partial charge in [-0.05, 0) is 66.2 Å². The molecular weight excluding hydrogens is 636 g/mol. The molecule has 0 aromatic carbocycles. The molecule has 0 aliphatic heterocycles. The maximum Gasteiger partial charge on any atom is 0.349 e. The third kappa shape index (κ3) is 23.6. The Balaban J connectivity index is 0. The molecule has 3 atom stereocenters. The van der Waals surface area contributed by atoms with E-state index in [0.717, 1.165) is 26.4 Å². The molecule has 0 aliphatic carbocycles. The SMILES string of the molecule is CC(OC(=O)CC(CC(=O)O)(OC(=O)C(O)CC(=O)O)C(=O)O)C(=O)OCCCCOC(=O)CCCCC(=O)O.CN(C)CCCN. The Morgan fingerprint density at radius 2 is 1.30 bits per heavy atom. The number of aliphatic hydroxyl groups is 1. The van der Waals surface area contributed by atoms with Crippen LogP contribution in [-0.4, -0.2) is 136 Å². The van der Waals surface area contributed by atoms with E-state index in [1.807, 2.05) is 0 Å². The number of hydrogen-bond acceptors (Lipinski definition) is 15. The zero-order chi connectivity index (χ0) is 36.6. The smallest absolute Gasteiger partial charge is 0.349 e. The minimum absolute atomic E-state index is 0.0145. The summed E-state index contributed by atoms with van der Waals surface area (Å²) in [7, 11) is 4.10. The van der Waals surface area contributed by atoms with E-state index < -0.39 is 84.8 Å². The molecule has 47 heavy (non-hydrogen) atoms. The Morgan fingerprint density at radius 1 is 0.723 bits per heavy atom. The van der Waals surface area contributed by atoms with Crippen LogP contribution < -0.4 is 5.73 Å². The van der Waals surface area contributed by atoms with Crippen molar-refractivity contribution >= 4 is 47.8 Å². The number of aliphatic hydroxyl groups excluding tert-OH is 1. The summed E-state index contributed by atoms with van der Waals surface area (Å²) < 4.78 is 19.1. The predicted molar refractivity (Wildman–Crippen MR) is 157 cm³/mol. The van der Waals surface area contributed by atoms with Crippen molar-refractivity contribution in [2.24, 2.45) is 5.73 Å². The normalized spacial score (nSPS) is 13.1. The van der Waals surface area contributed by atoms with Gasteiger partial charge < -0.3 is 55.1 Å². The number of ether oxygens (including phenoxy) is 4. The number of unbranched alkanes of at least 4 members (excludes halogenated alkanes) is 2. The second-order valence-corrected chi connectivity index (χ2v) is 10.4. The van der Waals surface area contributed by atoms with Gasteiger partial charge in [0.05, 0.1) is 32.5 Å². The Labute approximate surface area is 270 Å². The molecular formula is C28H46N2O17. The average molecular weight is 683 g/mol. The van der Waals surface area contributed by atoms with Crippen molar-refractivity contribution in [2.75, 3.05) is 40.4 Å². The van der Waals surface area contributed by atoms with Crippen molar-refractivity contribution in [3.63, 3.8) is 0 Å². The van der Waals surface area contributed by atoms with Crippen LogP contribution in [0.5, 0.6) is 0 Å². The van der Waals surface area contributed by atoms with Crippen LogP contribution in [0.2, 0.25) is 0 Å². The standard InChI is InChI=1S/C23H32O17.C5H14N2/c1-13(20(33)38-9-5-4-8-37-18(31)7-3-2-6-15(25)26)39-19(32)12-23(22(35)36,11-17(29)30)40-21(34)14(24)10-16(27)28;1-7(2)5-3-4-6/h13-14,24H,2-12H2,1H3,(H,25,26)(H,27,28)(H,29,30)(H,35,36);3-6H2,1-2H3. The number of carboxylic acid groups (broad SMARTS) is 4. The van der Waals surface area contributed by atoms with Gasteiger partial charge in [-0.25, -0.2) is 14.4 Å². The van der Waals surface area contributed by atoms with Crippen molar-refractivity contribution in [3.05, 3.63) is 0 Å². The van der Waals surface area contributed by atoms with Crippen LogP contribution in [0.1, 0.15) is 71.1 Å². The van der Waals surface area contributed by atoms with E-state index >= 15 is 0 Å². The number of carbonyl (C=O) groups is 8. The van der Waals surface area contributed by atoms with Crippen LogP contribution in [0.25, 0.3) is 0 Å². The zero-order valence-corrected chi connectivity index (χ0v) is 26.7. The van der Waals surface area contributed by atoms with E-state index in [1.54, 1.807) is 0 Å². The molecule has 7 N–H and O–H groups in total. The number of hydrogen-bond donors (Lipinski definition) is 6. The van der Waals surface area contributed by atoms with Crippen molar-refractivity contribution in [1.29, 1.82) is 0 Å². The number of nitrogens with two attached hydrogens (primary N) is 1. The molecule has 0 heterocycles. The van der Waals surface area contributed by atoms with Gasteiger partial charge in [0, 0.05) is 12.8 Å². The summed E-state index contributed by atoms with van der Waals surface area (Å²) in [5, 5.41) is 45.2. The second-order valence-electron chi connectivity index (χ2n) is 10.4. The monoisotopic (exact) mass is 682 g/mol. The molecule has 0 radical (unpaired) electrons. The Kier molecular flexibility index (Phi) is 23.6. The van der Waals surface area contributed by atoms with Gasteiger partial charge in [-0.2, -0.15) is 0 Å². The third-order valence-corrected chi connectivity index (χ3v) is 5.71. The van der Waals surface area contributed by atoms with Crippen LogP contribution in [0.15, 0.2) is 0 Å². The minimum Gasteiger partial charge on any atom is -0.481 e.